The lowest BCUT2D eigenvalue weighted by Crippen LogP contribution is -2.37. The number of hydrogen-bond acceptors (Lipinski definition) is 4. The van der Waals surface area contributed by atoms with Crippen molar-refractivity contribution in [2.75, 3.05) is 19.7 Å². The molecule has 6 nitrogen and oxygen atoms in total. The lowest BCUT2D eigenvalue weighted by molar-refractivity contribution is -0.192. The van der Waals surface area contributed by atoms with Gasteiger partial charge in [0.05, 0.1) is 0 Å². The first-order chi connectivity index (χ1) is 7.75. The van der Waals surface area contributed by atoms with E-state index in [1.807, 2.05) is 0 Å². The predicted molar refractivity (Wildman–Crippen MR) is 50.1 cm³/mol. The molecule has 0 aliphatic carbocycles. The van der Waals surface area contributed by atoms with Crippen LogP contribution >= 0.6 is 0 Å². The lowest BCUT2D eigenvalue weighted by atomic mass is 10.3. The van der Waals surface area contributed by atoms with Gasteiger partial charge in [0, 0.05) is 13.2 Å². The second-order valence-electron chi connectivity index (χ2n) is 3.12. The van der Waals surface area contributed by atoms with Crippen molar-refractivity contribution in [2.45, 2.75) is 18.7 Å². The summed E-state index contributed by atoms with van der Waals surface area (Å²) >= 11 is 0. The van der Waals surface area contributed by atoms with E-state index >= 15 is 0 Å². The topological polar surface area (TPSA) is 102 Å². The number of nitrogens with two attached hydrogens (primary N) is 1. The minimum atomic E-state index is -5.08. The standard InChI is InChI=1S/C6H12N2O2.C2HF3O2/c7-6(9)5-4-8-2-1-3-10-5;3-2(4,5)1(6)7/h5,8H,1-4H2,(H2,7,9);(H,6,7). The van der Waals surface area contributed by atoms with Gasteiger partial charge in [0.25, 0.3) is 0 Å². The van der Waals surface area contributed by atoms with Gasteiger partial charge in [-0.25, -0.2) is 4.79 Å². The minimum Gasteiger partial charge on any atom is -0.475 e. The van der Waals surface area contributed by atoms with Crippen LogP contribution in [0.3, 0.4) is 0 Å². The summed E-state index contributed by atoms with van der Waals surface area (Å²) in [4.78, 5) is 19.5. The average Bonchev–Trinajstić information content (AvgIpc) is 2.44. The van der Waals surface area contributed by atoms with E-state index < -0.39 is 18.2 Å². The summed E-state index contributed by atoms with van der Waals surface area (Å²) in [6, 6.07) is 0. The number of halogens is 3. The Balaban J connectivity index is 0.000000325. The zero-order valence-electron chi connectivity index (χ0n) is 8.79. The van der Waals surface area contributed by atoms with E-state index in [2.05, 4.69) is 5.32 Å². The third-order valence-corrected chi connectivity index (χ3v) is 1.71. The SMILES string of the molecule is NC(=O)C1CNCCCO1.O=C(O)C(F)(F)F. The van der Waals surface area contributed by atoms with Crippen LogP contribution in [-0.4, -0.2) is 49.0 Å². The van der Waals surface area contributed by atoms with Gasteiger partial charge in [-0.05, 0) is 13.0 Å². The van der Waals surface area contributed by atoms with E-state index in [1.165, 1.54) is 0 Å². The van der Waals surface area contributed by atoms with E-state index in [-0.39, 0.29) is 5.91 Å². The Morgan fingerprint density at radius 3 is 2.35 bits per heavy atom. The van der Waals surface area contributed by atoms with Crippen molar-refractivity contribution in [2.24, 2.45) is 5.73 Å². The number of aliphatic carboxylic acids is 1. The van der Waals surface area contributed by atoms with Crippen LogP contribution in [0.5, 0.6) is 0 Å². The van der Waals surface area contributed by atoms with Crippen LogP contribution in [0, 0.1) is 0 Å². The number of ether oxygens (including phenoxy) is 1. The Morgan fingerprint density at radius 2 is 1.94 bits per heavy atom. The number of rotatable bonds is 1. The van der Waals surface area contributed by atoms with Gasteiger partial charge in [0.1, 0.15) is 6.10 Å². The molecule has 0 spiro atoms. The molecule has 17 heavy (non-hydrogen) atoms. The number of alkyl halides is 3. The van der Waals surface area contributed by atoms with Crippen molar-refractivity contribution in [3.8, 4) is 0 Å². The van der Waals surface area contributed by atoms with Crippen molar-refractivity contribution in [1.82, 2.24) is 5.32 Å². The molecule has 0 radical (unpaired) electrons. The fourth-order valence-corrected chi connectivity index (χ4v) is 0.898. The molecule has 1 heterocycles. The molecule has 1 atom stereocenters. The van der Waals surface area contributed by atoms with Gasteiger partial charge >= 0.3 is 12.1 Å². The Bertz CT molecular complexity index is 262. The fourth-order valence-electron chi connectivity index (χ4n) is 0.898. The summed E-state index contributed by atoms with van der Waals surface area (Å²) in [6.07, 6.45) is -4.56. The van der Waals surface area contributed by atoms with Crippen LogP contribution in [-0.2, 0) is 14.3 Å². The van der Waals surface area contributed by atoms with E-state index in [0.29, 0.717) is 13.2 Å². The fraction of sp³-hybridized carbons (Fsp3) is 0.750. The number of carbonyl (C=O) groups excluding carboxylic acids is 1. The molecular formula is C8H13F3N2O4. The Kier molecular flexibility index (Phi) is 6.51. The molecule has 0 aromatic carbocycles. The molecule has 0 aromatic heterocycles. The van der Waals surface area contributed by atoms with Crippen LogP contribution in [0.15, 0.2) is 0 Å². The molecule has 1 aliphatic heterocycles. The Labute approximate surface area is 94.9 Å². The lowest BCUT2D eigenvalue weighted by Gasteiger charge is -2.09. The second kappa shape index (κ2) is 7.07. The minimum absolute atomic E-state index is 0.380. The van der Waals surface area contributed by atoms with Crippen LogP contribution in [0.2, 0.25) is 0 Å². The molecule has 1 aliphatic rings. The van der Waals surface area contributed by atoms with Crippen LogP contribution in [0.25, 0.3) is 0 Å². The van der Waals surface area contributed by atoms with Crippen molar-refractivity contribution < 1.29 is 32.6 Å². The normalized spacial score (nSPS) is 20.8. The van der Waals surface area contributed by atoms with Gasteiger partial charge < -0.3 is 20.9 Å². The molecule has 1 saturated heterocycles. The summed E-state index contributed by atoms with van der Waals surface area (Å²) in [5.74, 6) is -3.14. The highest BCUT2D eigenvalue weighted by Crippen LogP contribution is 2.13. The van der Waals surface area contributed by atoms with Gasteiger partial charge in [-0.1, -0.05) is 0 Å². The first-order valence-electron chi connectivity index (χ1n) is 4.67. The molecule has 4 N–H and O–H groups in total. The number of nitrogens with one attached hydrogen (secondary N) is 1. The quantitative estimate of drug-likeness (QED) is 0.587. The zero-order chi connectivity index (χ0) is 13.5. The van der Waals surface area contributed by atoms with E-state index in [0.717, 1.165) is 13.0 Å². The number of hydrogen-bond donors (Lipinski definition) is 3. The second-order valence-corrected chi connectivity index (χ2v) is 3.12. The third-order valence-electron chi connectivity index (χ3n) is 1.71. The van der Waals surface area contributed by atoms with E-state index in [9.17, 15) is 18.0 Å². The average molecular weight is 258 g/mol. The maximum atomic E-state index is 10.6. The van der Waals surface area contributed by atoms with Gasteiger partial charge in [-0.15, -0.1) is 0 Å². The van der Waals surface area contributed by atoms with Crippen LogP contribution in [0.4, 0.5) is 13.2 Å². The highest BCUT2D eigenvalue weighted by atomic mass is 19.4. The number of carboxylic acids is 1. The summed E-state index contributed by atoms with van der Waals surface area (Å²) < 4.78 is 36.9. The zero-order valence-corrected chi connectivity index (χ0v) is 8.79. The summed E-state index contributed by atoms with van der Waals surface area (Å²) in [6.45, 7) is 2.08. The number of amides is 1. The van der Waals surface area contributed by atoms with Gasteiger partial charge in [-0.3, -0.25) is 4.79 Å². The molecule has 1 rings (SSSR count). The van der Waals surface area contributed by atoms with Crippen molar-refractivity contribution in [1.29, 1.82) is 0 Å². The first-order valence-corrected chi connectivity index (χ1v) is 4.67. The van der Waals surface area contributed by atoms with Crippen molar-refractivity contribution in [3.63, 3.8) is 0 Å². The van der Waals surface area contributed by atoms with E-state index in [1.54, 1.807) is 0 Å². The first kappa shape index (κ1) is 15.7. The highest BCUT2D eigenvalue weighted by molar-refractivity contribution is 5.79. The van der Waals surface area contributed by atoms with Gasteiger partial charge in [-0.2, -0.15) is 13.2 Å². The Hall–Kier alpha value is -1.35. The molecule has 1 fully saturated rings. The molecule has 0 aromatic rings. The molecule has 1 unspecified atom stereocenters. The molecule has 0 saturated carbocycles. The predicted octanol–water partition coefficient (Wildman–Crippen LogP) is -0.517. The number of carboxylic acid groups (broad SMARTS) is 1. The van der Waals surface area contributed by atoms with Crippen LogP contribution in [0.1, 0.15) is 6.42 Å². The van der Waals surface area contributed by atoms with Crippen molar-refractivity contribution in [3.05, 3.63) is 0 Å². The maximum absolute atomic E-state index is 10.6. The third kappa shape index (κ3) is 7.53. The van der Waals surface area contributed by atoms with E-state index in [4.69, 9.17) is 20.4 Å². The van der Waals surface area contributed by atoms with Crippen LogP contribution < -0.4 is 11.1 Å². The molecular weight excluding hydrogens is 245 g/mol. The van der Waals surface area contributed by atoms with Gasteiger partial charge in [0.2, 0.25) is 5.91 Å². The summed E-state index contributed by atoms with van der Waals surface area (Å²) in [5, 5.41) is 10.2. The largest absolute Gasteiger partial charge is 0.490 e. The smallest absolute Gasteiger partial charge is 0.475 e. The van der Waals surface area contributed by atoms with Crippen molar-refractivity contribution >= 4 is 11.9 Å². The molecule has 100 valence electrons. The molecule has 1 amide bonds. The molecule has 0 bridgehead atoms. The molecule has 9 heteroatoms. The maximum Gasteiger partial charge on any atom is 0.490 e. The highest BCUT2D eigenvalue weighted by Gasteiger charge is 2.38. The van der Waals surface area contributed by atoms with Gasteiger partial charge in [0.15, 0.2) is 0 Å². The Morgan fingerprint density at radius 1 is 1.41 bits per heavy atom. The monoisotopic (exact) mass is 258 g/mol. The number of primary amides is 1. The number of carbonyl (C=O) groups is 2. The summed E-state index contributed by atoms with van der Waals surface area (Å²) in [7, 11) is 0. The summed E-state index contributed by atoms with van der Waals surface area (Å²) in [5.41, 5.74) is 5.03.